The number of carbonyl (C=O) groups is 1. The van der Waals surface area contributed by atoms with Crippen molar-refractivity contribution < 1.29 is 35.9 Å². The Hall–Kier alpha value is -1.80. The zero-order chi connectivity index (χ0) is 13.2. The first-order chi connectivity index (χ1) is 7.74. The first-order valence-electron chi connectivity index (χ1n) is 3.94. The molecule has 0 atom stereocenters. The molecule has 0 saturated carbocycles. The van der Waals surface area contributed by atoms with Crippen LogP contribution in [0.3, 0.4) is 0 Å². The van der Waals surface area contributed by atoms with Gasteiger partial charge in [0.2, 0.25) is 5.88 Å². The van der Waals surface area contributed by atoms with Gasteiger partial charge in [0.15, 0.2) is 12.1 Å². The summed E-state index contributed by atoms with van der Waals surface area (Å²) >= 11 is 0. The largest absolute Gasteiger partial charge is 0.574 e. The standard InChI is InChI=1S/C8H3F6NO2/c9-6-3(7(10)11)1-5(15-4(6)2-16)17-8(12,13)14/h1-2,7H. The van der Waals surface area contributed by atoms with Crippen molar-refractivity contribution in [2.45, 2.75) is 12.8 Å². The summed E-state index contributed by atoms with van der Waals surface area (Å²) in [5.41, 5.74) is -2.57. The van der Waals surface area contributed by atoms with Gasteiger partial charge in [-0.2, -0.15) is 0 Å². The third-order valence-corrected chi connectivity index (χ3v) is 1.55. The number of halogens is 6. The lowest BCUT2D eigenvalue weighted by atomic mass is 10.2. The Morgan fingerprint density at radius 1 is 1.35 bits per heavy atom. The lowest BCUT2D eigenvalue weighted by Crippen LogP contribution is -2.19. The van der Waals surface area contributed by atoms with Crippen LogP contribution < -0.4 is 4.74 Å². The molecule has 9 heteroatoms. The minimum atomic E-state index is -5.18. The molecule has 1 aromatic rings. The number of aromatic nitrogens is 1. The summed E-state index contributed by atoms with van der Waals surface area (Å²) in [7, 11) is 0. The van der Waals surface area contributed by atoms with Gasteiger partial charge in [-0.25, -0.2) is 18.2 Å². The van der Waals surface area contributed by atoms with Crippen LogP contribution in [0.4, 0.5) is 26.3 Å². The molecule has 0 spiro atoms. The molecule has 0 aliphatic rings. The maximum atomic E-state index is 13.0. The highest BCUT2D eigenvalue weighted by Crippen LogP contribution is 2.29. The summed E-state index contributed by atoms with van der Waals surface area (Å²) < 4.78 is 76.1. The molecule has 0 radical (unpaired) electrons. The molecular formula is C8H3F6NO2. The number of carbonyl (C=O) groups excluding carboxylic acids is 1. The monoisotopic (exact) mass is 259 g/mol. The van der Waals surface area contributed by atoms with E-state index in [-0.39, 0.29) is 12.4 Å². The van der Waals surface area contributed by atoms with E-state index in [0.29, 0.717) is 0 Å². The van der Waals surface area contributed by atoms with Gasteiger partial charge in [-0.3, -0.25) is 4.79 Å². The number of ether oxygens (including phenoxy) is 1. The van der Waals surface area contributed by atoms with Crippen LogP contribution in [0.2, 0.25) is 0 Å². The lowest BCUT2D eigenvalue weighted by Gasteiger charge is -2.10. The molecule has 0 aliphatic heterocycles. The predicted molar refractivity (Wildman–Crippen MR) is 41.2 cm³/mol. The van der Waals surface area contributed by atoms with Crippen molar-refractivity contribution in [3.05, 3.63) is 23.1 Å². The Morgan fingerprint density at radius 2 is 1.94 bits per heavy atom. The maximum Gasteiger partial charge on any atom is 0.574 e. The molecule has 0 saturated heterocycles. The van der Waals surface area contributed by atoms with Gasteiger partial charge in [-0.1, -0.05) is 0 Å². The van der Waals surface area contributed by atoms with Crippen molar-refractivity contribution in [2.24, 2.45) is 0 Å². The van der Waals surface area contributed by atoms with E-state index in [0.717, 1.165) is 0 Å². The fourth-order valence-electron chi connectivity index (χ4n) is 0.952. The number of nitrogens with zero attached hydrogens (tertiary/aromatic N) is 1. The van der Waals surface area contributed by atoms with E-state index in [9.17, 15) is 31.1 Å². The molecule has 1 aromatic heterocycles. The van der Waals surface area contributed by atoms with E-state index < -0.39 is 35.7 Å². The van der Waals surface area contributed by atoms with E-state index in [4.69, 9.17) is 0 Å². The van der Waals surface area contributed by atoms with Crippen LogP contribution in [0.1, 0.15) is 22.5 Å². The molecule has 1 heterocycles. The quantitative estimate of drug-likeness (QED) is 0.618. The van der Waals surface area contributed by atoms with Crippen molar-refractivity contribution in [1.82, 2.24) is 4.98 Å². The van der Waals surface area contributed by atoms with Crippen molar-refractivity contribution in [1.29, 1.82) is 0 Å². The molecule has 17 heavy (non-hydrogen) atoms. The average molecular weight is 259 g/mol. The summed E-state index contributed by atoms with van der Waals surface area (Å²) in [6.07, 6.45) is -8.86. The van der Waals surface area contributed by atoms with Gasteiger partial charge in [-0.15, -0.1) is 13.2 Å². The predicted octanol–water partition coefficient (Wildman–Crippen LogP) is 2.87. The summed E-state index contributed by atoms with van der Waals surface area (Å²) in [5.74, 6) is -3.00. The van der Waals surface area contributed by atoms with Crippen molar-refractivity contribution in [3.8, 4) is 5.88 Å². The zero-order valence-corrected chi connectivity index (χ0v) is 7.76. The van der Waals surface area contributed by atoms with Crippen molar-refractivity contribution >= 4 is 6.29 Å². The molecule has 0 bridgehead atoms. The number of rotatable bonds is 3. The third-order valence-electron chi connectivity index (χ3n) is 1.55. The number of alkyl halides is 5. The Labute approximate surface area is 90.0 Å². The van der Waals surface area contributed by atoms with Crippen molar-refractivity contribution in [3.63, 3.8) is 0 Å². The first kappa shape index (κ1) is 13.3. The van der Waals surface area contributed by atoms with Crippen LogP contribution in [-0.4, -0.2) is 17.6 Å². The summed E-state index contributed by atoms with van der Waals surface area (Å²) in [4.78, 5) is 13.0. The molecule has 3 nitrogen and oxygen atoms in total. The molecule has 0 fully saturated rings. The summed E-state index contributed by atoms with van der Waals surface area (Å²) in [5, 5.41) is 0. The second-order valence-corrected chi connectivity index (χ2v) is 2.72. The van der Waals surface area contributed by atoms with Gasteiger partial charge in [0.1, 0.15) is 5.69 Å². The van der Waals surface area contributed by atoms with E-state index in [1.165, 1.54) is 0 Å². The van der Waals surface area contributed by atoms with E-state index in [1.54, 1.807) is 0 Å². The molecule has 0 unspecified atom stereocenters. The number of hydrogen-bond acceptors (Lipinski definition) is 3. The van der Waals surface area contributed by atoms with E-state index >= 15 is 0 Å². The van der Waals surface area contributed by atoms with Crippen LogP contribution >= 0.6 is 0 Å². The lowest BCUT2D eigenvalue weighted by molar-refractivity contribution is -0.276. The maximum absolute atomic E-state index is 13.0. The van der Waals surface area contributed by atoms with Crippen LogP contribution in [0.5, 0.6) is 5.88 Å². The minimum Gasteiger partial charge on any atom is -0.388 e. The average Bonchev–Trinajstić information content (AvgIpc) is 2.17. The van der Waals surface area contributed by atoms with Crippen LogP contribution in [0.25, 0.3) is 0 Å². The topological polar surface area (TPSA) is 39.2 Å². The normalized spacial score (nSPS) is 11.7. The van der Waals surface area contributed by atoms with Crippen molar-refractivity contribution in [2.75, 3.05) is 0 Å². The van der Waals surface area contributed by atoms with Gasteiger partial charge in [-0.05, 0) is 0 Å². The summed E-state index contributed by atoms with van der Waals surface area (Å²) in [6.45, 7) is 0. The highest BCUT2D eigenvalue weighted by Gasteiger charge is 2.33. The SMILES string of the molecule is O=Cc1nc(OC(F)(F)F)cc(C(F)F)c1F. The number of aldehydes is 1. The van der Waals surface area contributed by atoms with Crippen LogP contribution in [0, 0.1) is 5.82 Å². The minimum absolute atomic E-state index is 0.0838. The van der Waals surface area contributed by atoms with E-state index in [1.807, 2.05) is 0 Å². The highest BCUT2D eigenvalue weighted by molar-refractivity contribution is 5.73. The molecule has 0 aliphatic carbocycles. The third kappa shape index (κ3) is 3.33. The molecular weight excluding hydrogens is 256 g/mol. The number of hydrogen-bond donors (Lipinski definition) is 0. The second-order valence-electron chi connectivity index (χ2n) is 2.72. The Morgan fingerprint density at radius 3 is 2.35 bits per heavy atom. The highest BCUT2D eigenvalue weighted by atomic mass is 19.4. The fourth-order valence-corrected chi connectivity index (χ4v) is 0.952. The molecule has 0 amide bonds. The Bertz CT molecular complexity index is 431. The van der Waals surface area contributed by atoms with Gasteiger partial charge in [0, 0.05) is 6.07 Å². The summed E-state index contributed by atoms with van der Waals surface area (Å²) in [6, 6.07) is 0.0838. The first-order valence-corrected chi connectivity index (χ1v) is 3.94. The van der Waals surface area contributed by atoms with Gasteiger partial charge in [0.05, 0.1) is 5.56 Å². The second kappa shape index (κ2) is 4.60. The molecule has 94 valence electrons. The van der Waals surface area contributed by atoms with E-state index in [2.05, 4.69) is 9.72 Å². The van der Waals surface area contributed by atoms with Crippen LogP contribution in [0.15, 0.2) is 6.07 Å². The van der Waals surface area contributed by atoms with Gasteiger partial charge in [0.25, 0.3) is 6.43 Å². The zero-order valence-electron chi connectivity index (χ0n) is 7.76. The Balaban J connectivity index is 3.25. The Kier molecular flexibility index (Phi) is 3.59. The van der Waals surface area contributed by atoms with Gasteiger partial charge >= 0.3 is 6.36 Å². The molecule has 1 rings (SSSR count). The van der Waals surface area contributed by atoms with Gasteiger partial charge < -0.3 is 4.74 Å². The fraction of sp³-hybridized carbons (Fsp3) is 0.250. The van der Waals surface area contributed by atoms with Crippen LogP contribution in [-0.2, 0) is 0 Å². The molecule has 0 aromatic carbocycles. The molecule has 0 N–H and O–H groups in total. The number of pyridine rings is 1. The smallest absolute Gasteiger partial charge is 0.388 e.